The predicted molar refractivity (Wildman–Crippen MR) is 62.9 cm³/mol. The number of ether oxygens (including phenoxy) is 3. The molecular formula is C13H16O4. The van der Waals surface area contributed by atoms with Gasteiger partial charge in [-0.3, -0.25) is 4.79 Å². The summed E-state index contributed by atoms with van der Waals surface area (Å²) in [6, 6.07) is 5.17. The minimum atomic E-state index is 0.138. The standard InChI is InChI=1S/C13H16O4/c1-15-12-3-2-10(9-14)8-13(12)17-11-4-6-16-7-5-11/h2-3,8-9,11H,4-7H2,1H3. The Hall–Kier alpha value is -1.55. The molecule has 0 atom stereocenters. The van der Waals surface area contributed by atoms with Crippen LogP contribution in [0.25, 0.3) is 0 Å². The van der Waals surface area contributed by atoms with Crippen LogP contribution in [0.5, 0.6) is 11.5 Å². The van der Waals surface area contributed by atoms with E-state index in [0.717, 1.165) is 32.3 Å². The molecule has 2 rings (SSSR count). The Morgan fingerprint density at radius 3 is 2.71 bits per heavy atom. The monoisotopic (exact) mass is 236 g/mol. The third kappa shape index (κ3) is 2.97. The van der Waals surface area contributed by atoms with Gasteiger partial charge in [0.2, 0.25) is 0 Å². The normalized spacial score (nSPS) is 16.5. The van der Waals surface area contributed by atoms with E-state index in [1.165, 1.54) is 0 Å². The third-order valence-electron chi connectivity index (χ3n) is 2.79. The molecule has 0 aromatic heterocycles. The van der Waals surface area contributed by atoms with Crippen molar-refractivity contribution in [1.82, 2.24) is 0 Å². The first-order valence-electron chi connectivity index (χ1n) is 5.71. The zero-order valence-electron chi connectivity index (χ0n) is 9.85. The number of rotatable bonds is 4. The number of carbonyl (C=O) groups is 1. The number of carbonyl (C=O) groups excluding carboxylic acids is 1. The molecule has 1 aliphatic heterocycles. The molecule has 1 aromatic carbocycles. The van der Waals surface area contributed by atoms with E-state index in [1.54, 1.807) is 25.3 Å². The minimum Gasteiger partial charge on any atom is -0.493 e. The van der Waals surface area contributed by atoms with Crippen LogP contribution in [-0.4, -0.2) is 32.7 Å². The number of hydrogen-bond donors (Lipinski definition) is 0. The molecule has 0 bridgehead atoms. The lowest BCUT2D eigenvalue weighted by Crippen LogP contribution is -2.26. The molecule has 1 heterocycles. The highest BCUT2D eigenvalue weighted by Crippen LogP contribution is 2.30. The number of hydrogen-bond acceptors (Lipinski definition) is 4. The SMILES string of the molecule is COc1ccc(C=O)cc1OC1CCOCC1. The van der Waals surface area contributed by atoms with Gasteiger partial charge in [0.15, 0.2) is 11.5 Å². The van der Waals surface area contributed by atoms with Gasteiger partial charge >= 0.3 is 0 Å². The summed E-state index contributed by atoms with van der Waals surface area (Å²) in [6.07, 6.45) is 2.68. The van der Waals surface area contributed by atoms with Gasteiger partial charge in [0.25, 0.3) is 0 Å². The van der Waals surface area contributed by atoms with Crippen molar-refractivity contribution in [2.45, 2.75) is 18.9 Å². The summed E-state index contributed by atoms with van der Waals surface area (Å²) in [5.41, 5.74) is 0.591. The molecule has 17 heavy (non-hydrogen) atoms. The van der Waals surface area contributed by atoms with Crippen LogP contribution in [0.1, 0.15) is 23.2 Å². The summed E-state index contributed by atoms with van der Waals surface area (Å²) < 4.78 is 16.3. The van der Waals surface area contributed by atoms with Crippen molar-refractivity contribution in [3.63, 3.8) is 0 Å². The number of benzene rings is 1. The molecule has 92 valence electrons. The molecule has 0 N–H and O–H groups in total. The van der Waals surface area contributed by atoms with Crippen LogP contribution in [-0.2, 0) is 4.74 Å². The van der Waals surface area contributed by atoms with Crippen molar-refractivity contribution in [3.8, 4) is 11.5 Å². The molecule has 1 saturated heterocycles. The van der Waals surface area contributed by atoms with Crippen molar-refractivity contribution in [1.29, 1.82) is 0 Å². The molecule has 4 nitrogen and oxygen atoms in total. The van der Waals surface area contributed by atoms with Crippen LogP contribution in [0.2, 0.25) is 0 Å². The highest BCUT2D eigenvalue weighted by Gasteiger charge is 2.17. The minimum absolute atomic E-state index is 0.138. The summed E-state index contributed by atoms with van der Waals surface area (Å²) in [6.45, 7) is 1.45. The Bertz CT molecular complexity index is 383. The first kappa shape index (κ1) is 11.9. The highest BCUT2D eigenvalue weighted by atomic mass is 16.5. The second-order valence-corrected chi connectivity index (χ2v) is 3.96. The zero-order valence-corrected chi connectivity index (χ0v) is 9.85. The topological polar surface area (TPSA) is 44.8 Å². The lowest BCUT2D eigenvalue weighted by atomic mass is 10.1. The van der Waals surface area contributed by atoms with Crippen LogP contribution in [0.4, 0.5) is 0 Å². The van der Waals surface area contributed by atoms with Crippen molar-refractivity contribution in [2.24, 2.45) is 0 Å². The van der Waals surface area contributed by atoms with Gasteiger partial charge < -0.3 is 14.2 Å². The maximum absolute atomic E-state index is 10.7. The second kappa shape index (κ2) is 5.68. The summed E-state index contributed by atoms with van der Waals surface area (Å²) >= 11 is 0. The predicted octanol–water partition coefficient (Wildman–Crippen LogP) is 2.07. The van der Waals surface area contributed by atoms with E-state index < -0.39 is 0 Å². The fraction of sp³-hybridized carbons (Fsp3) is 0.462. The lowest BCUT2D eigenvalue weighted by molar-refractivity contribution is 0.0245. The van der Waals surface area contributed by atoms with Gasteiger partial charge in [-0.2, -0.15) is 0 Å². The molecule has 0 saturated carbocycles. The Kier molecular flexibility index (Phi) is 3.98. The van der Waals surface area contributed by atoms with Crippen molar-refractivity contribution in [3.05, 3.63) is 23.8 Å². The van der Waals surface area contributed by atoms with Crippen molar-refractivity contribution in [2.75, 3.05) is 20.3 Å². The quantitative estimate of drug-likeness (QED) is 0.751. The molecule has 0 spiro atoms. The zero-order chi connectivity index (χ0) is 12.1. The van der Waals surface area contributed by atoms with E-state index in [-0.39, 0.29) is 6.10 Å². The number of aldehydes is 1. The first-order chi connectivity index (χ1) is 8.33. The molecule has 0 radical (unpaired) electrons. The first-order valence-corrected chi connectivity index (χ1v) is 5.71. The third-order valence-corrected chi connectivity index (χ3v) is 2.79. The Labute approximate surface area is 100 Å². The molecule has 0 unspecified atom stereocenters. The number of methoxy groups -OCH3 is 1. The van der Waals surface area contributed by atoms with Gasteiger partial charge in [0.1, 0.15) is 12.4 Å². The summed E-state index contributed by atoms with van der Waals surface area (Å²) in [4.78, 5) is 10.7. The van der Waals surface area contributed by atoms with Gasteiger partial charge in [0, 0.05) is 18.4 Å². The van der Waals surface area contributed by atoms with E-state index in [0.29, 0.717) is 17.1 Å². The van der Waals surface area contributed by atoms with Crippen LogP contribution >= 0.6 is 0 Å². The summed E-state index contributed by atoms with van der Waals surface area (Å²) in [5.74, 6) is 1.28. The van der Waals surface area contributed by atoms with E-state index in [2.05, 4.69) is 0 Å². The van der Waals surface area contributed by atoms with Gasteiger partial charge in [-0.05, 0) is 18.2 Å². The largest absolute Gasteiger partial charge is 0.493 e. The molecule has 1 aromatic rings. The maximum atomic E-state index is 10.7. The molecule has 1 aliphatic rings. The van der Waals surface area contributed by atoms with E-state index in [9.17, 15) is 4.79 Å². The van der Waals surface area contributed by atoms with E-state index >= 15 is 0 Å². The molecule has 1 fully saturated rings. The van der Waals surface area contributed by atoms with E-state index in [4.69, 9.17) is 14.2 Å². The van der Waals surface area contributed by atoms with Crippen LogP contribution in [0.15, 0.2) is 18.2 Å². The average molecular weight is 236 g/mol. The van der Waals surface area contributed by atoms with Crippen LogP contribution in [0, 0.1) is 0 Å². The Morgan fingerprint density at radius 2 is 2.06 bits per heavy atom. The van der Waals surface area contributed by atoms with Gasteiger partial charge in [0.05, 0.1) is 20.3 Å². The van der Waals surface area contributed by atoms with Gasteiger partial charge in [-0.1, -0.05) is 0 Å². The molecular weight excluding hydrogens is 220 g/mol. The highest BCUT2D eigenvalue weighted by molar-refractivity contribution is 5.76. The smallest absolute Gasteiger partial charge is 0.162 e. The second-order valence-electron chi connectivity index (χ2n) is 3.96. The van der Waals surface area contributed by atoms with Gasteiger partial charge in [-0.25, -0.2) is 0 Å². The van der Waals surface area contributed by atoms with Crippen LogP contribution in [0.3, 0.4) is 0 Å². The molecule has 0 aliphatic carbocycles. The Balaban J connectivity index is 2.13. The maximum Gasteiger partial charge on any atom is 0.162 e. The van der Waals surface area contributed by atoms with Gasteiger partial charge in [-0.15, -0.1) is 0 Å². The lowest BCUT2D eigenvalue weighted by Gasteiger charge is -2.24. The Morgan fingerprint density at radius 1 is 1.29 bits per heavy atom. The van der Waals surface area contributed by atoms with Crippen LogP contribution < -0.4 is 9.47 Å². The molecule has 4 heteroatoms. The molecule has 0 amide bonds. The van der Waals surface area contributed by atoms with Crippen molar-refractivity contribution < 1.29 is 19.0 Å². The summed E-state index contributed by atoms with van der Waals surface area (Å²) in [5, 5.41) is 0. The fourth-order valence-corrected chi connectivity index (χ4v) is 1.83. The summed E-state index contributed by atoms with van der Waals surface area (Å²) in [7, 11) is 1.59. The van der Waals surface area contributed by atoms with E-state index in [1.807, 2.05) is 0 Å². The fourth-order valence-electron chi connectivity index (χ4n) is 1.83. The average Bonchev–Trinajstić information content (AvgIpc) is 2.40. The van der Waals surface area contributed by atoms with Crippen molar-refractivity contribution >= 4 is 6.29 Å².